The van der Waals surface area contributed by atoms with Crippen molar-refractivity contribution in [2.75, 3.05) is 39.6 Å². The fourth-order valence-corrected chi connectivity index (χ4v) is 11.3. The van der Waals surface area contributed by atoms with Crippen molar-refractivity contribution >= 4 is 33.6 Å². The summed E-state index contributed by atoms with van der Waals surface area (Å²) in [6, 6.07) is 0. The van der Waals surface area contributed by atoms with Gasteiger partial charge in [-0.2, -0.15) is 0 Å². The maximum absolute atomic E-state index is 12.9. The molecule has 0 saturated carbocycles. The van der Waals surface area contributed by atoms with Crippen LogP contribution in [0.5, 0.6) is 0 Å². The molecule has 0 radical (unpaired) electrons. The smallest absolute Gasteiger partial charge is 0.463 e. The minimum atomic E-state index is -4.98. The summed E-state index contributed by atoms with van der Waals surface area (Å²) < 4.78 is 61.0. The maximum Gasteiger partial charge on any atom is 0.472 e. The van der Waals surface area contributed by atoms with Crippen molar-refractivity contribution in [2.45, 2.75) is 283 Å². The number of hydrogen-bond donors (Lipinski definition) is 4. The zero-order valence-corrected chi connectivity index (χ0v) is 67.5. The number of ether oxygens (including phenoxy) is 3. The number of aliphatic hydroxyl groups excluding tert-OH is 2. The number of phosphoric acid groups is 2. The van der Waals surface area contributed by atoms with Crippen LogP contribution in [0.15, 0.2) is 219 Å². The molecule has 0 aliphatic rings. The predicted octanol–water partition coefficient (Wildman–Crippen LogP) is 23.9. The van der Waals surface area contributed by atoms with Gasteiger partial charge in [-0.15, -0.1) is 0 Å². The van der Waals surface area contributed by atoms with E-state index in [2.05, 4.69) is 203 Å². The van der Waals surface area contributed by atoms with E-state index in [-0.39, 0.29) is 19.3 Å². The minimum Gasteiger partial charge on any atom is -0.463 e. The molecule has 0 aliphatic carbocycles. The largest absolute Gasteiger partial charge is 0.472 e. The van der Waals surface area contributed by atoms with Gasteiger partial charge < -0.3 is 34.2 Å². The monoisotopic (exact) mass is 1530 g/mol. The van der Waals surface area contributed by atoms with Crippen molar-refractivity contribution in [1.82, 2.24) is 0 Å². The Kier molecular flexibility index (Phi) is 74.9. The number of hydrogen-bond acceptors (Lipinski definition) is 14. The lowest BCUT2D eigenvalue weighted by atomic mass is 10.0. The van der Waals surface area contributed by atoms with Crippen molar-refractivity contribution < 1.29 is 75.8 Å². The third-order valence-corrected chi connectivity index (χ3v) is 17.6. The molecule has 0 rings (SSSR count). The number of carbonyl (C=O) groups is 3. The second-order valence-electron chi connectivity index (χ2n) is 25.7. The van der Waals surface area contributed by atoms with Crippen LogP contribution in [0, 0.1) is 0 Å². The van der Waals surface area contributed by atoms with E-state index in [1.807, 2.05) is 36.5 Å². The normalized spacial score (nSPS) is 15.1. The molecule has 16 nitrogen and oxygen atoms in total. The second-order valence-corrected chi connectivity index (χ2v) is 28.6. The molecule has 107 heavy (non-hydrogen) atoms. The second kappa shape index (κ2) is 79.4. The predicted molar refractivity (Wildman–Crippen MR) is 444 cm³/mol. The summed E-state index contributed by atoms with van der Waals surface area (Å²) in [5.74, 6) is -1.79. The lowest BCUT2D eigenvalue weighted by molar-refractivity contribution is -0.161. The van der Waals surface area contributed by atoms with Gasteiger partial charge in [0.05, 0.1) is 26.4 Å². The molecule has 0 aromatic carbocycles. The molecule has 0 amide bonds. The van der Waals surface area contributed by atoms with Crippen molar-refractivity contribution in [3.8, 4) is 0 Å². The first kappa shape index (κ1) is 101. The highest BCUT2D eigenvalue weighted by Gasteiger charge is 2.29. The van der Waals surface area contributed by atoms with Crippen LogP contribution in [0.2, 0.25) is 0 Å². The van der Waals surface area contributed by atoms with Crippen LogP contribution in [0.25, 0.3) is 0 Å². The first-order chi connectivity index (χ1) is 52.2. The standard InChI is InChI=1S/C89H140O16P2/c1-4-7-10-13-16-19-22-25-28-31-34-35-36-37-38-39-40-41-42-43-44-45-46-47-50-52-54-57-60-63-66-69-72-75-87(92)99-78-84(90)79-101-106(95,96)102-80-85(91)81-103-107(97,98)104-83-86(105-89(94)77-74-71-68-65-62-59-56-53-49-33-30-27-24-21-18-15-12-9-6-3)82-100-88(93)76-73-70-67-64-61-58-55-51-48-32-29-26-23-20-17-14-11-8-5-2/h7-12,16-21,25-30,34-35,37-38,40-41,48-49,51,53,58-59,61-62,67-68,70-71,84-86,90-91H,4-6,13-15,22-24,31-33,36,39,42-47,50,52,54-57,60,63-66,69,72-83H2,1-3H3,(H,95,96)(H,97,98)/b10-7-,11-8-,12-9-,19-16-,20-17-,21-18-,28-25-,29-26-,30-27-,35-34-,38-37-,41-40-,51-48-,53-49-,61-58-,62-59-,70-67-,71-68-. The van der Waals surface area contributed by atoms with E-state index < -0.39 is 91.5 Å². The van der Waals surface area contributed by atoms with Gasteiger partial charge in [0.15, 0.2) is 6.10 Å². The van der Waals surface area contributed by atoms with Crippen LogP contribution in [-0.2, 0) is 55.8 Å². The lowest BCUT2D eigenvalue weighted by Crippen LogP contribution is -2.29. The molecule has 4 N–H and O–H groups in total. The molecule has 5 unspecified atom stereocenters. The topological polar surface area (TPSA) is 231 Å². The summed E-state index contributed by atoms with van der Waals surface area (Å²) in [5.41, 5.74) is 0. The molecule has 5 atom stereocenters. The van der Waals surface area contributed by atoms with Crippen molar-refractivity contribution in [3.05, 3.63) is 219 Å². The maximum atomic E-state index is 12.9. The Hall–Kier alpha value is -6.13. The van der Waals surface area contributed by atoms with Crippen molar-refractivity contribution in [1.29, 1.82) is 0 Å². The van der Waals surface area contributed by atoms with Gasteiger partial charge in [-0.1, -0.05) is 317 Å². The Morgan fingerprint density at radius 1 is 0.262 bits per heavy atom. The summed E-state index contributed by atoms with van der Waals surface area (Å²) >= 11 is 0. The Labute approximate surface area is 647 Å². The van der Waals surface area contributed by atoms with Gasteiger partial charge in [0.25, 0.3) is 0 Å². The number of carbonyl (C=O) groups excluding carboxylic acids is 3. The summed E-state index contributed by atoms with van der Waals surface area (Å²) in [4.78, 5) is 58.6. The number of phosphoric ester groups is 2. The fraction of sp³-hybridized carbons (Fsp3) is 0.562. The number of aliphatic hydroxyl groups is 2. The van der Waals surface area contributed by atoms with E-state index in [1.54, 1.807) is 0 Å². The first-order valence-electron chi connectivity index (χ1n) is 40.0. The molecule has 0 bridgehead atoms. The van der Waals surface area contributed by atoms with E-state index in [4.69, 9.17) is 32.3 Å². The minimum absolute atomic E-state index is 0.0203. The zero-order valence-electron chi connectivity index (χ0n) is 65.7. The average molecular weight is 1530 g/mol. The van der Waals surface area contributed by atoms with Gasteiger partial charge >= 0.3 is 33.6 Å². The summed E-state index contributed by atoms with van der Waals surface area (Å²) in [6.45, 7) is 2.12. The quantitative estimate of drug-likeness (QED) is 0.0146. The summed E-state index contributed by atoms with van der Waals surface area (Å²) in [5, 5.41) is 20.6. The van der Waals surface area contributed by atoms with E-state index in [9.17, 15) is 43.5 Å². The van der Waals surface area contributed by atoms with Crippen molar-refractivity contribution in [3.63, 3.8) is 0 Å². The molecule has 0 saturated heterocycles. The van der Waals surface area contributed by atoms with Gasteiger partial charge in [0.1, 0.15) is 25.4 Å². The number of rotatable bonds is 73. The highest BCUT2D eigenvalue weighted by atomic mass is 31.2. The van der Waals surface area contributed by atoms with E-state index >= 15 is 0 Å². The molecule has 0 aliphatic heterocycles. The Morgan fingerprint density at radius 3 is 0.794 bits per heavy atom. The summed E-state index contributed by atoms with van der Waals surface area (Å²) in [6.07, 6.45) is 107. The fourth-order valence-electron chi connectivity index (χ4n) is 9.74. The van der Waals surface area contributed by atoms with E-state index in [1.165, 1.54) is 64.2 Å². The summed E-state index contributed by atoms with van der Waals surface area (Å²) in [7, 11) is -9.86. The van der Waals surface area contributed by atoms with Crippen molar-refractivity contribution in [2.24, 2.45) is 0 Å². The molecule has 0 fully saturated rings. The third kappa shape index (κ3) is 80.7. The van der Waals surface area contributed by atoms with Crippen LogP contribution >= 0.6 is 15.6 Å². The molecule has 602 valence electrons. The lowest BCUT2D eigenvalue weighted by Gasteiger charge is -2.21. The van der Waals surface area contributed by atoms with E-state index in [0.717, 1.165) is 128 Å². The van der Waals surface area contributed by atoms with Gasteiger partial charge in [-0.25, -0.2) is 9.13 Å². The third-order valence-electron chi connectivity index (χ3n) is 15.7. The molecule has 0 spiro atoms. The Balaban J connectivity index is 4.63. The highest BCUT2D eigenvalue weighted by Crippen LogP contribution is 2.45. The molecule has 0 aromatic heterocycles. The van der Waals surface area contributed by atoms with E-state index in [0.29, 0.717) is 32.1 Å². The molecule has 0 aromatic rings. The Bertz CT molecular complexity index is 2820. The average Bonchev–Trinajstić information content (AvgIpc) is 0.907. The number of esters is 3. The Morgan fingerprint density at radius 2 is 0.486 bits per heavy atom. The molecule has 18 heteroatoms. The molecular weight excluding hydrogens is 1390 g/mol. The van der Waals surface area contributed by atoms with Crippen LogP contribution in [-0.4, -0.2) is 95.9 Å². The van der Waals surface area contributed by atoms with Crippen LogP contribution in [0.1, 0.15) is 265 Å². The van der Waals surface area contributed by atoms with Crippen LogP contribution < -0.4 is 0 Å². The first-order valence-corrected chi connectivity index (χ1v) is 43.0. The molecule has 0 heterocycles. The number of allylic oxidation sites excluding steroid dienone is 36. The van der Waals surface area contributed by atoms with Crippen LogP contribution in [0.3, 0.4) is 0 Å². The zero-order chi connectivity index (χ0) is 78.0. The SMILES string of the molecule is CC/C=C\C/C=C\C/C=C\C/C=C\C/C=C\C/C=C\CCCCCCCCCCCCCCCCC(=O)OCC(O)COP(=O)(O)OCC(O)COP(=O)(O)OCC(COC(=O)CC/C=C\C/C=C\C/C=C\C/C=C\C/C=C\C/C=C\CC)OC(=O)CC/C=C\C/C=C\C/C=C\C/C=C\C/C=C\C/C=C\CC. The van der Waals surface area contributed by atoms with Gasteiger partial charge in [-0.3, -0.25) is 32.5 Å². The number of unbranched alkanes of at least 4 members (excludes halogenated alkanes) is 14. The highest BCUT2D eigenvalue weighted by molar-refractivity contribution is 7.47. The van der Waals surface area contributed by atoms with Gasteiger partial charge in [0.2, 0.25) is 0 Å². The van der Waals surface area contributed by atoms with Gasteiger partial charge in [-0.05, 0) is 148 Å². The van der Waals surface area contributed by atoms with Gasteiger partial charge in [0, 0.05) is 19.3 Å². The van der Waals surface area contributed by atoms with Crippen LogP contribution in [0.4, 0.5) is 0 Å². The molecular formula is C89H140O16P2.